The van der Waals surface area contributed by atoms with Crippen molar-refractivity contribution >= 4 is 11.6 Å². The van der Waals surface area contributed by atoms with E-state index in [9.17, 15) is 0 Å². The van der Waals surface area contributed by atoms with Gasteiger partial charge >= 0.3 is 0 Å². The Kier molecular flexibility index (Phi) is 4.28. The topological polar surface area (TPSA) is 49.6 Å². The lowest BCUT2D eigenvalue weighted by atomic mass is 9.96. The van der Waals surface area contributed by atoms with Gasteiger partial charge in [0.2, 0.25) is 0 Å². The number of hydrogen-bond donors (Lipinski definition) is 0. The zero-order valence-electron chi connectivity index (χ0n) is 15.9. The standard InChI is InChI=1S/C21H26N6/c1-16-22-21-23-19-10-6-5-9-18(19)20(27(21)24-16)26-13-11-25(12-14-26)15-17-7-3-2-4-8-17/h2-4,7-8H,5-6,9-15H2,1H3. The van der Waals surface area contributed by atoms with Crippen molar-refractivity contribution in [3.63, 3.8) is 0 Å². The predicted molar refractivity (Wildman–Crippen MR) is 106 cm³/mol. The van der Waals surface area contributed by atoms with E-state index >= 15 is 0 Å². The monoisotopic (exact) mass is 362 g/mol. The molecule has 3 heterocycles. The minimum atomic E-state index is 0.759. The number of benzene rings is 1. The molecule has 0 N–H and O–H groups in total. The third-order valence-corrected chi connectivity index (χ3v) is 5.76. The molecule has 0 amide bonds. The fourth-order valence-electron chi connectivity index (χ4n) is 4.40. The highest BCUT2D eigenvalue weighted by atomic mass is 15.4. The van der Waals surface area contributed by atoms with Gasteiger partial charge in [0.1, 0.15) is 11.6 Å². The molecule has 2 aliphatic rings. The summed E-state index contributed by atoms with van der Waals surface area (Å²) < 4.78 is 1.99. The molecule has 1 aliphatic heterocycles. The van der Waals surface area contributed by atoms with Crippen LogP contribution in [0.15, 0.2) is 30.3 Å². The first-order valence-corrected chi connectivity index (χ1v) is 10.0. The average molecular weight is 362 g/mol. The summed E-state index contributed by atoms with van der Waals surface area (Å²) in [6.07, 6.45) is 4.65. The van der Waals surface area contributed by atoms with Gasteiger partial charge in [-0.3, -0.25) is 4.90 Å². The zero-order chi connectivity index (χ0) is 18.2. The minimum absolute atomic E-state index is 0.759. The first-order chi connectivity index (χ1) is 13.3. The highest BCUT2D eigenvalue weighted by Crippen LogP contribution is 2.30. The molecule has 0 unspecified atom stereocenters. The molecule has 27 heavy (non-hydrogen) atoms. The van der Waals surface area contributed by atoms with Crippen molar-refractivity contribution in [1.29, 1.82) is 0 Å². The highest BCUT2D eigenvalue weighted by molar-refractivity contribution is 5.56. The van der Waals surface area contributed by atoms with Gasteiger partial charge in [0.25, 0.3) is 5.78 Å². The summed E-state index contributed by atoms with van der Waals surface area (Å²) >= 11 is 0. The van der Waals surface area contributed by atoms with Crippen LogP contribution in [-0.4, -0.2) is 50.7 Å². The van der Waals surface area contributed by atoms with Gasteiger partial charge in [-0.1, -0.05) is 30.3 Å². The van der Waals surface area contributed by atoms with E-state index in [1.54, 1.807) is 0 Å². The number of nitrogens with zero attached hydrogens (tertiary/aromatic N) is 6. The number of rotatable bonds is 3. The van der Waals surface area contributed by atoms with Crippen LogP contribution < -0.4 is 4.90 Å². The molecule has 1 aliphatic carbocycles. The largest absolute Gasteiger partial charge is 0.354 e. The van der Waals surface area contributed by atoms with Gasteiger partial charge in [-0.25, -0.2) is 4.98 Å². The number of fused-ring (bicyclic) bond motifs is 2. The number of aromatic nitrogens is 4. The smallest absolute Gasteiger partial charge is 0.254 e. The van der Waals surface area contributed by atoms with E-state index in [0.29, 0.717) is 0 Å². The summed E-state index contributed by atoms with van der Waals surface area (Å²) in [7, 11) is 0. The van der Waals surface area contributed by atoms with Crippen molar-refractivity contribution in [3.8, 4) is 0 Å². The summed E-state index contributed by atoms with van der Waals surface area (Å²) in [5, 5.41) is 4.67. The van der Waals surface area contributed by atoms with Gasteiger partial charge in [0.05, 0.1) is 5.69 Å². The molecule has 2 aromatic heterocycles. The van der Waals surface area contributed by atoms with Crippen molar-refractivity contribution < 1.29 is 0 Å². The Balaban J connectivity index is 1.41. The number of aryl methyl sites for hydroxylation is 2. The zero-order valence-corrected chi connectivity index (χ0v) is 15.9. The van der Waals surface area contributed by atoms with E-state index in [4.69, 9.17) is 4.98 Å². The van der Waals surface area contributed by atoms with Crippen LogP contribution in [0, 0.1) is 6.92 Å². The van der Waals surface area contributed by atoms with E-state index in [-0.39, 0.29) is 0 Å². The van der Waals surface area contributed by atoms with Crippen molar-refractivity contribution in [2.24, 2.45) is 0 Å². The maximum absolute atomic E-state index is 4.82. The molecule has 5 rings (SSSR count). The second-order valence-electron chi connectivity index (χ2n) is 7.69. The highest BCUT2D eigenvalue weighted by Gasteiger charge is 2.26. The molecule has 1 saturated heterocycles. The Bertz CT molecular complexity index is 940. The molecule has 0 saturated carbocycles. The Morgan fingerprint density at radius 2 is 1.70 bits per heavy atom. The first-order valence-electron chi connectivity index (χ1n) is 10.0. The number of piperazine rings is 1. The summed E-state index contributed by atoms with van der Waals surface area (Å²) in [5.41, 5.74) is 4.03. The molecular formula is C21H26N6. The van der Waals surface area contributed by atoms with E-state index < -0.39 is 0 Å². The van der Waals surface area contributed by atoms with Crippen molar-refractivity contribution in [2.75, 3.05) is 31.1 Å². The molecule has 3 aromatic rings. The van der Waals surface area contributed by atoms with Crippen LogP contribution in [0.3, 0.4) is 0 Å². The van der Waals surface area contributed by atoms with Crippen molar-refractivity contribution in [2.45, 2.75) is 39.2 Å². The lowest BCUT2D eigenvalue weighted by molar-refractivity contribution is 0.248. The second kappa shape index (κ2) is 6.93. The van der Waals surface area contributed by atoms with E-state index in [1.165, 1.54) is 35.5 Å². The van der Waals surface area contributed by atoms with Gasteiger partial charge in [-0.2, -0.15) is 9.50 Å². The van der Waals surface area contributed by atoms with Gasteiger partial charge in [-0.05, 0) is 38.2 Å². The predicted octanol–water partition coefficient (Wildman–Crippen LogP) is 2.63. The molecule has 140 valence electrons. The summed E-state index contributed by atoms with van der Waals surface area (Å²) in [6.45, 7) is 7.17. The normalized spacial score (nSPS) is 18.0. The molecular weight excluding hydrogens is 336 g/mol. The molecule has 0 atom stereocenters. The molecule has 1 aromatic carbocycles. The Hall–Kier alpha value is -2.47. The summed E-state index contributed by atoms with van der Waals surface area (Å²) in [6, 6.07) is 10.8. The molecule has 0 radical (unpaired) electrons. The van der Waals surface area contributed by atoms with Crippen LogP contribution in [0.1, 0.15) is 35.5 Å². The van der Waals surface area contributed by atoms with E-state index in [2.05, 4.69) is 50.2 Å². The van der Waals surface area contributed by atoms with E-state index in [1.807, 2.05) is 11.4 Å². The Morgan fingerprint density at radius 1 is 0.926 bits per heavy atom. The fraction of sp³-hybridized carbons (Fsp3) is 0.476. The van der Waals surface area contributed by atoms with E-state index in [0.717, 1.165) is 57.2 Å². The Morgan fingerprint density at radius 3 is 2.52 bits per heavy atom. The lowest BCUT2D eigenvalue weighted by Gasteiger charge is -2.37. The van der Waals surface area contributed by atoms with Crippen molar-refractivity contribution in [1.82, 2.24) is 24.5 Å². The molecule has 1 fully saturated rings. The first kappa shape index (κ1) is 16.7. The van der Waals surface area contributed by atoms with Crippen LogP contribution >= 0.6 is 0 Å². The summed E-state index contributed by atoms with van der Waals surface area (Å²) in [4.78, 5) is 14.4. The third kappa shape index (κ3) is 3.18. The van der Waals surface area contributed by atoms with Crippen LogP contribution in [-0.2, 0) is 19.4 Å². The third-order valence-electron chi connectivity index (χ3n) is 5.76. The SMILES string of the molecule is Cc1nc2nc3c(c(N4CCN(Cc5ccccc5)CC4)n2n1)CCCC3. The van der Waals surface area contributed by atoms with Gasteiger partial charge in [-0.15, -0.1) is 5.10 Å². The number of hydrogen-bond acceptors (Lipinski definition) is 5. The van der Waals surface area contributed by atoms with Crippen molar-refractivity contribution in [3.05, 3.63) is 53.0 Å². The Labute approximate surface area is 159 Å². The maximum Gasteiger partial charge on any atom is 0.254 e. The van der Waals surface area contributed by atoms with Gasteiger partial charge < -0.3 is 4.90 Å². The fourth-order valence-corrected chi connectivity index (χ4v) is 4.40. The maximum atomic E-state index is 4.82. The molecule has 6 heteroatoms. The van der Waals surface area contributed by atoms with Gasteiger partial charge in [0, 0.05) is 38.3 Å². The number of anilines is 1. The second-order valence-corrected chi connectivity index (χ2v) is 7.69. The van der Waals surface area contributed by atoms with Gasteiger partial charge in [0.15, 0.2) is 0 Å². The minimum Gasteiger partial charge on any atom is -0.354 e. The van der Waals surface area contributed by atoms with Crippen LogP contribution in [0.2, 0.25) is 0 Å². The molecule has 0 bridgehead atoms. The molecule has 0 spiro atoms. The summed E-state index contributed by atoms with van der Waals surface area (Å²) in [5.74, 6) is 2.80. The van der Waals surface area contributed by atoms with Crippen LogP contribution in [0.5, 0.6) is 0 Å². The lowest BCUT2D eigenvalue weighted by Crippen LogP contribution is -2.47. The average Bonchev–Trinajstić information content (AvgIpc) is 3.07. The molecule has 6 nitrogen and oxygen atoms in total. The van der Waals surface area contributed by atoms with Crippen LogP contribution in [0.25, 0.3) is 5.78 Å². The van der Waals surface area contributed by atoms with Crippen LogP contribution in [0.4, 0.5) is 5.82 Å². The quantitative estimate of drug-likeness (QED) is 0.717.